The van der Waals surface area contributed by atoms with E-state index in [1.165, 1.54) is 0 Å². The number of imidazole rings is 1. The Morgan fingerprint density at radius 3 is 2.92 bits per heavy atom. The summed E-state index contributed by atoms with van der Waals surface area (Å²) in [5, 5.41) is 0. The Labute approximate surface area is 148 Å². The van der Waals surface area contributed by atoms with Gasteiger partial charge in [0.05, 0.1) is 33.3 Å². The van der Waals surface area contributed by atoms with E-state index in [9.17, 15) is 0 Å². The van der Waals surface area contributed by atoms with Gasteiger partial charge in [0, 0.05) is 25.0 Å². The molecule has 2 atom stereocenters. The Balaban J connectivity index is 1.47. The Bertz CT molecular complexity index is 645. The number of hydrogen-bond acceptors (Lipinski definition) is 5. The molecule has 6 heteroatoms. The lowest BCUT2D eigenvalue weighted by molar-refractivity contribution is -0.195. The molecule has 1 saturated heterocycles. The second-order valence-electron chi connectivity index (χ2n) is 6.18. The van der Waals surface area contributed by atoms with Gasteiger partial charge in [-0.3, -0.25) is 0 Å². The number of rotatable bonds is 8. The van der Waals surface area contributed by atoms with Gasteiger partial charge in [-0.25, -0.2) is 4.98 Å². The molecule has 1 aromatic heterocycles. The fraction of sp³-hybridized carbons (Fsp3) is 0.526. The summed E-state index contributed by atoms with van der Waals surface area (Å²) in [5.74, 6) is 1.62. The van der Waals surface area contributed by atoms with Gasteiger partial charge in [0.15, 0.2) is 6.29 Å². The highest BCUT2D eigenvalue weighted by Crippen LogP contribution is 2.26. The number of aromatic nitrogens is 2. The lowest BCUT2D eigenvalue weighted by Gasteiger charge is -2.30. The van der Waals surface area contributed by atoms with E-state index in [2.05, 4.69) is 9.55 Å². The lowest BCUT2D eigenvalue weighted by Crippen LogP contribution is -2.32. The molecule has 0 N–H and O–H groups in total. The SMILES string of the molecule is COc1ccc(CCOC2CCCC(Cn3ccnc3)O2)c(OC)c1. The summed E-state index contributed by atoms with van der Waals surface area (Å²) in [5.41, 5.74) is 1.11. The normalized spacial score (nSPS) is 20.4. The second-order valence-corrected chi connectivity index (χ2v) is 6.18. The number of ether oxygens (including phenoxy) is 4. The maximum absolute atomic E-state index is 6.07. The third-order valence-corrected chi connectivity index (χ3v) is 4.45. The van der Waals surface area contributed by atoms with Gasteiger partial charge in [-0.1, -0.05) is 6.07 Å². The average molecular weight is 346 g/mol. The minimum absolute atomic E-state index is 0.133. The van der Waals surface area contributed by atoms with E-state index in [-0.39, 0.29) is 12.4 Å². The molecule has 2 aromatic rings. The molecule has 1 aliphatic rings. The van der Waals surface area contributed by atoms with Crippen molar-refractivity contribution in [3.63, 3.8) is 0 Å². The van der Waals surface area contributed by atoms with Crippen molar-refractivity contribution in [1.29, 1.82) is 0 Å². The highest BCUT2D eigenvalue weighted by Gasteiger charge is 2.23. The molecule has 0 radical (unpaired) electrons. The minimum Gasteiger partial charge on any atom is -0.497 e. The van der Waals surface area contributed by atoms with Crippen LogP contribution in [0.1, 0.15) is 24.8 Å². The van der Waals surface area contributed by atoms with E-state index >= 15 is 0 Å². The maximum atomic E-state index is 6.07. The number of hydrogen-bond donors (Lipinski definition) is 0. The monoisotopic (exact) mass is 346 g/mol. The molecule has 1 aliphatic heterocycles. The Kier molecular flexibility index (Phi) is 6.30. The van der Waals surface area contributed by atoms with Crippen LogP contribution in [0.4, 0.5) is 0 Å². The first-order valence-electron chi connectivity index (χ1n) is 8.72. The average Bonchev–Trinajstić information content (AvgIpc) is 3.15. The van der Waals surface area contributed by atoms with Crippen LogP contribution >= 0.6 is 0 Å². The molecular weight excluding hydrogens is 320 g/mol. The predicted octanol–water partition coefficient (Wildman–Crippen LogP) is 3.05. The summed E-state index contributed by atoms with van der Waals surface area (Å²) >= 11 is 0. The zero-order chi connectivity index (χ0) is 17.5. The highest BCUT2D eigenvalue weighted by atomic mass is 16.7. The minimum atomic E-state index is -0.133. The van der Waals surface area contributed by atoms with Crippen LogP contribution in [0.25, 0.3) is 0 Å². The standard InChI is InChI=1S/C19H26N2O4/c1-22-16-7-6-15(18(12-16)23-2)8-11-24-19-5-3-4-17(25-19)13-21-10-9-20-14-21/h6-7,9-10,12,14,17,19H,3-5,8,11,13H2,1-2H3. The molecule has 0 aliphatic carbocycles. The van der Waals surface area contributed by atoms with Crippen LogP contribution in [0, 0.1) is 0 Å². The fourth-order valence-electron chi connectivity index (χ4n) is 3.11. The first-order chi connectivity index (χ1) is 12.3. The van der Waals surface area contributed by atoms with Gasteiger partial charge in [0.2, 0.25) is 0 Å². The van der Waals surface area contributed by atoms with E-state index in [1.807, 2.05) is 30.7 Å². The topological polar surface area (TPSA) is 54.7 Å². The summed E-state index contributed by atoms with van der Waals surface area (Å²) in [6, 6.07) is 5.86. The summed E-state index contributed by atoms with van der Waals surface area (Å²) in [6.07, 6.45) is 9.53. The van der Waals surface area contributed by atoms with Crippen LogP contribution in [0.15, 0.2) is 36.9 Å². The van der Waals surface area contributed by atoms with Crippen molar-refractivity contribution in [1.82, 2.24) is 9.55 Å². The van der Waals surface area contributed by atoms with Crippen LogP contribution < -0.4 is 9.47 Å². The van der Waals surface area contributed by atoms with Crippen LogP contribution in [0.2, 0.25) is 0 Å². The molecule has 1 aromatic carbocycles. The molecule has 2 heterocycles. The van der Waals surface area contributed by atoms with Gasteiger partial charge in [0.25, 0.3) is 0 Å². The van der Waals surface area contributed by atoms with Gasteiger partial charge in [-0.05, 0) is 37.3 Å². The first kappa shape index (κ1) is 17.8. The Morgan fingerprint density at radius 1 is 1.24 bits per heavy atom. The van der Waals surface area contributed by atoms with Gasteiger partial charge >= 0.3 is 0 Å². The first-order valence-corrected chi connectivity index (χ1v) is 8.72. The van der Waals surface area contributed by atoms with Crippen LogP contribution in [-0.4, -0.2) is 42.8 Å². The van der Waals surface area contributed by atoms with Crippen LogP contribution in [0.5, 0.6) is 11.5 Å². The van der Waals surface area contributed by atoms with E-state index in [0.717, 1.165) is 49.3 Å². The van der Waals surface area contributed by atoms with Crippen molar-refractivity contribution in [2.75, 3.05) is 20.8 Å². The maximum Gasteiger partial charge on any atom is 0.158 e. The van der Waals surface area contributed by atoms with E-state index in [0.29, 0.717) is 6.61 Å². The molecule has 3 rings (SSSR count). The van der Waals surface area contributed by atoms with Crippen LogP contribution in [0.3, 0.4) is 0 Å². The molecule has 6 nitrogen and oxygen atoms in total. The van der Waals surface area contributed by atoms with Crippen molar-refractivity contribution in [3.05, 3.63) is 42.5 Å². The smallest absolute Gasteiger partial charge is 0.158 e. The molecule has 0 spiro atoms. The Hall–Kier alpha value is -2.05. The zero-order valence-corrected chi connectivity index (χ0v) is 14.9. The summed E-state index contributed by atoms with van der Waals surface area (Å²) < 4.78 is 24.7. The van der Waals surface area contributed by atoms with Crippen molar-refractivity contribution in [3.8, 4) is 11.5 Å². The van der Waals surface area contributed by atoms with Gasteiger partial charge in [-0.15, -0.1) is 0 Å². The molecule has 0 saturated carbocycles. The fourth-order valence-corrected chi connectivity index (χ4v) is 3.11. The molecule has 1 fully saturated rings. The van der Waals surface area contributed by atoms with Crippen molar-refractivity contribution < 1.29 is 18.9 Å². The quantitative estimate of drug-likeness (QED) is 0.735. The largest absolute Gasteiger partial charge is 0.497 e. The molecule has 136 valence electrons. The third kappa shape index (κ3) is 4.96. The molecule has 0 bridgehead atoms. The van der Waals surface area contributed by atoms with Crippen molar-refractivity contribution in [2.45, 2.75) is 44.6 Å². The van der Waals surface area contributed by atoms with Crippen molar-refractivity contribution >= 4 is 0 Å². The predicted molar refractivity (Wildman–Crippen MR) is 93.9 cm³/mol. The second kappa shape index (κ2) is 8.87. The molecule has 0 amide bonds. The van der Waals surface area contributed by atoms with E-state index in [1.54, 1.807) is 20.4 Å². The summed E-state index contributed by atoms with van der Waals surface area (Å²) in [7, 11) is 3.32. The highest BCUT2D eigenvalue weighted by molar-refractivity contribution is 5.40. The zero-order valence-electron chi connectivity index (χ0n) is 14.9. The van der Waals surface area contributed by atoms with E-state index < -0.39 is 0 Å². The van der Waals surface area contributed by atoms with E-state index in [4.69, 9.17) is 18.9 Å². The number of nitrogens with zero attached hydrogens (tertiary/aromatic N) is 2. The lowest BCUT2D eigenvalue weighted by atomic mass is 10.1. The number of benzene rings is 1. The number of methoxy groups -OCH3 is 2. The summed E-state index contributed by atoms with van der Waals surface area (Å²) in [4.78, 5) is 4.07. The Morgan fingerprint density at radius 2 is 2.16 bits per heavy atom. The summed E-state index contributed by atoms with van der Waals surface area (Å²) in [6.45, 7) is 1.43. The van der Waals surface area contributed by atoms with Gasteiger partial charge in [0.1, 0.15) is 11.5 Å². The molecule has 2 unspecified atom stereocenters. The molecule has 25 heavy (non-hydrogen) atoms. The van der Waals surface area contributed by atoms with Crippen molar-refractivity contribution in [2.24, 2.45) is 0 Å². The van der Waals surface area contributed by atoms with Crippen LogP contribution in [-0.2, 0) is 22.4 Å². The van der Waals surface area contributed by atoms with Gasteiger partial charge < -0.3 is 23.5 Å². The van der Waals surface area contributed by atoms with Gasteiger partial charge in [-0.2, -0.15) is 0 Å². The molecular formula is C19H26N2O4. The third-order valence-electron chi connectivity index (χ3n) is 4.45.